The third-order valence-electron chi connectivity index (χ3n) is 5.33. The molecule has 2 aliphatic rings. The van der Waals surface area contributed by atoms with E-state index in [-0.39, 0.29) is 30.2 Å². The minimum absolute atomic E-state index is 0.0473. The molecule has 142 valence electrons. The Hall–Kier alpha value is -2.28. The van der Waals surface area contributed by atoms with Gasteiger partial charge in [0.15, 0.2) is 0 Å². The molecule has 3 atom stereocenters. The number of benzene rings is 1. The predicted octanol–water partition coefficient (Wildman–Crippen LogP) is 1.17. The maximum atomic E-state index is 12.7. The van der Waals surface area contributed by atoms with Gasteiger partial charge in [-0.25, -0.2) is 0 Å². The zero-order valence-electron chi connectivity index (χ0n) is 15.6. The van der Waals surface area contributed by atoms with Crippen LogP contribution in [0.15, 0.2) is 18.2 Å². The monoisotopic (exact) mass is 361 g/mol. The largest absolute Gasteiger partial charge is 0.497 e. The maximum Gasteiger partial charge on any atom is 0.227 e. The van der Waals surface area contributed by atoms with Crippen LogP contribution in [0.4, 0.5) is 5.69 Å². The van der Waals surface area contributed by atoms with Gasteiger partial charge in [0.2, 0.25) is 11.8 Å². The van der Waals surface area contributed by atoms with Crippen molar-refractivity contribution in [3.63, 3.8) is 0 Å². The minimum atomic E-state index is -0.344. The van der Waals surface area contributed by atoms with Crippen molar-refractivity contribution >= 4 is 17.5 Å². The molecule has 0 radical (unpaired) electrons. The topological polar surface area (TPSA) is 79.9 Å². The van der Waals surface area contributed by atoms with Crippen LogP contribution in [0, 0.1) is 11.8 Å². The van der Waals surface area contributed by atoms with Crippen molar-refractivity contribution in [2.45, 2.75) is 25.8 Å². The molecule has 2 amide bonds. The van der Waals surface area contributed by atoms with E-state index in [9.17, 15) is 9.59 Å². The molecule has 0 bridgehead atoms. The number of hydrogen-bond acceptors (Lipinski definition) is 5. The molecule has 2 N–H and O–H groups in total. The first kappa shape index (κ1) is 18.5. The van der Waals surface area contributed by atoms with Gasteiger partial charge in [0.1, 0.15) is 11.5 Å². The van der Waals surface area contributed by atoms with Crippen LogP contribution < -0.4 is 25.0 Å². The Morgan fingerprint density at radius 2 is 2.12 bits per heavy atom. The van der Waals surface area contributed by atoms with E-state index in [1.165, 1.54) is 0 Å². The fraction of sp³-hybridized carbons (Fsp3) is 0.579. The Kier molecular flexibility index (Phi) is 5.66. The number of ether oxygens (including phenoxy) is 2. The number of carbonyl (C=O) groups is 2. The molecule has 26 heavy (non-hydrogen) atoms. The first-order valence-electron chi connectivity index (χ1n) is 9.07. The molecule has 7 heteroatoms. The van der Waals surface area contributed by atoms with Crippen molar-refractivity contribution in [2.75, 3.05) is 38.8 Å². The van der Waals surface area contributed by atoms with Gasteiger partial charge in [-0.05, 0) is 31.0 Å². The van der Waals surface area contributed by atoms with Crippen LogP contribution in [0.25, 0.3) is 0 Å². The highest BCUT2D eigenvalue weighted by atomic mass is 16.5. The standard InChI is InChI=1S/C19H27N3O4/c1-12-6-7-20-10-15(12)21-19(24)13-8-18(23)22(11-13)16-5-4-14(25-2)9-17(16)26-3/h4-5,9,12-13,15,20H,6-8,10-11H2,1-3H3,(H,21,24). The molecular formula is C19H27N3O4. The van der Waals surface area contributed by atoms with Gasteiger partial charge in [0.25, 0.3) is 0 Å². The van der Waals surface area contributed by atoms with E-state index < -0.39 is 0 Å². The zero-order chi connectivity index (χ0) is 18.7. The van der Waals surface area contributed by atoms with Gasteiger partial charge in [0, 0.05) is 31.6 Å². The average Bonchev–Trinajstić information content (AvgIpc) is 3.04. The van der Waals surface area contributed by atoms with Crippen molar-refractivity contribution in [3.05, 3.63) is 18.2 Å². The van der Waals surface area contributed by atoms with E-state index >= 15 is 0 Å². The molecule has 2 heterocycles. The SMILES string of the molecule is COc1ccc(N2CC(C(=O)NC3CNCCC3C)CC2=O)c(OC)c1. The van der Waals surface area contributed by atoms with Gasteiger partial charge in [-0.15, -0.1) is 0 Å². The van der Waals surface area contributed by atoms with Crippen molar-refractivity contribution in [2.24, 2.45) is 11.8 Å². The first-order valence-corrected chi connectivity index (χ1v) is 9.07. The van der Waals surface area contributed by atoms with E-state index in [0.717, 1.165) is 19.5 Å². The highest BCUT2D eigenvalue weighted by Gasteiger charge is 2.37. The summed E-state index contributed by atoms with van der Waals surface area (Å²) in [6.45, 7) is 4.28. The van der Waals surface area contributed by atoms with E-state index in [0.29, 0.717) is 29.6 Å². The summed E-state index contributed by atoms with van der Waals surface area (Å²) in [5, 5.41) is 6.43. The van der Waals surface area contributed by atoms with Crippen LogP contribution in [0.1, 0.15) is 19.8 Å². The Labute approximate surface area is 154 Å². The Morgan fingerprint density at radius 3 is 2.81 bits per heavy atom. The number of amides is 2. The number of anilines is 1. The summed E-state index contributed by atoms with van der Waals surface area (Å²) < 4.78 is 10.6. The molecular weight excluding hydrogens is 334 g/mol. The Morgan fingerprint density at radius 1 is 1.31 bits per heavy atom. The molecule has 1 aromatic carbocycles. The number of methoxy groups -OCH3 is 2. The summed E-state index contributed by atoms with van der Waals surface area (Å²) in [4.78, 5) is 26.8. The van der Waals surface area contributed by atoms with Crippen LogP contribution in [0.3, 0.4) is 0 Å². The molecule has 0 saturated carbocycles. The first-order chi connectivity index (χ1) is 12.5. The third-order valence-corrected chi connectivity index (χ3v) is 5.33. The minimum Gasteiger partial charge on any atom is -0.497 e. The number of nitrogens with zero attached hydrogens (tertiary/aromatic N) is 1. The fourth-order valence-corrected chi connectivity index (χ4v) is 3.61. The number of piperidine rings is 1. The Bertz CT molecular complexity index is 679. The number of rotatable bonds is 5. The summed E-state index contributed by atoms with van der Waals surface area (Å²) >= 11 is 0. The normalized spacial score (nSPS) is 25.9. The summed E-state index contributed by atoms with van der Waals surface area (Å²) in [6.07, 6.45) is 1.26. The van der Waals surface area contributed by atoms with Gasteiger partial charge in [0.05, 0.1) is 25.8 Å². The van der Waals surface area contributed by atoms with E-state index in [4.69, 9.17) is 9.47 Å². The summed E-state index contributed by atoms with van der Waals surface area (Å²) in [7, 11) is 3.14. The average molecular weight is 361 g/mol. The third kappa shape index (κ3) is 3.77. The van der Waals surface area contributed by atoms with Gasteiger partial charge >= 0.3 is 0 Å². The number of hydrogen-bond donors (Lipinski definition) is 2. The van der Waals surface area contributed by atoms with Gasteiger partial charge < -0.3 is 25.0 Å². The van der Waals surface area contributed by atoms with Crippen LogP contribution >= 0.6 is 0 Å². The van der Waals surface area contributed by atoms with Crippen LogP contribution in [0.5, 0.6) is 11.5 Å². The molecule has 0 aliphatic carbocycles. The quantitative estimate of drug-likeness (QED) is 0.823. The summed E-state index contributed by atoms with van der Waals surface area (Å²) in [5.41, 5.74) is 0.668. The van der Waals surface area contributed by atoms with E-state index in [1.54, 1.807) is 37.3 Å². The van der Waals surface area contributed by atoms with Crippen LogP contribution in [0.2, 0.25) is 0 Å². The molecule has 2 fully saturated rings. The lowest BCUT2D eigenvalue weighted by Crippen LogP contribution is -2.51. The molecule has 1 aromatic rings. The summed E-state index contributed by atoms with van der Waals surface area (Å²) in [5.74, 6) is 1.20. The molecule has 7 nitrogen and oxygen atoms in total. The van der Waals surface area contributed by atoms with Crippen molar-refractivity contribution in [3.8, 4) is 11.5 Å². The number of carbonyl (C=O) groups excluding carboxylic acids is 2. The molecule has 0 spiro atoms. The van der Waals surface area contributed by atoms with Crippen molar-refractivity contribution in [1.82, 2.24) is 10.6 Å². The smallest absolute Gasteiger partial charge is 0.227 e. The lowest BCUT2D eigenvalue weighted by Gasteiger charge is -2.31. The van der Waals surface area contributed by atoms with Gasteiger partial charge in [-0.1, -0.05) is 6.92 Å². The molecule has 3 rings (SSSR count). The second kappa shape index (κ2) is 7.95. The van der Waals surface area contributed by atoms with Gasteiger partial charge in [-0.3, -0.25) is 9.59 Å². The van der Waals surface area contributed by atoms with Crippen LogP contribution in [-0.4, -0.2) is 51.7 Å². The van der Waals surface area contributed by atoms with Crippen molar-refractivity contribution in [1.29, 1.82) is 0 Å². The molecule has 2 saturated heterocycles. The van der Waals surface area contributed by atoms with E-state index in [2.05, 4.69) is 17.6 Å². The lowest BCUT2D eigenvalue weighted by molar-refractivity contribution is -0.127. The molecule has 0 aromatic heterocycles. The Balaban J connectivity index is 1.69. The predicted molar refractivity (Wildman–Crippen MR) is 98.6 cm³/mol. The van der Waals surface area contributed by atoms with E-state index in [1.807, 2.05) is 0 Å². The highest BCUT2D eigenvalue weighted by molar-refractivity contribution is 6.01. The fourth-order valence-electron chi connectivity index (χ4n) is 3.61. The number of nitrogens with one attached hydrogen (secondary N) is 2. The van der Waals surface area contributed by atoms with Crippen LogP contribution in [-0.2, 0) is 9.59 Å². The lowest BCUT2D eigenvalue weighted by atomic mass is 9.94. The molecule has 2 aliphatic heterocycles. The second-order valence-corrected chi connectivity index (χ2v) is 7.03. The maximum absolute atomic E-state index is 12.7. The second-order valence-electron chi connectivity index (χ2n) is 7.03. The zero-order valence-corrected chi connectivity index (χ0v) is 15.6. The summed E-state index contributed by atoms with van der Waals surface area (Å²) in [6, 6.07) is 5.44. The van der Waals surface area contributed by atoms with Crippen molar-refractivity contribution < 1.29 is 19.1 Å². The van der Waals surface area contributed by atoms with Gasteiger partial charge in [-0.2, -0.15) is 0 Å². The molecule has 3 unspecified atom stereocenters. The highest BCUT2D eigenvalue weighted by Crippen LogP contribution is 2.35.